The summed E-state index contributed by atoms with van der Waals surface area (Å²) in [5.74, 6) is 0.861. The highest BCUT2D eigenvalue weighted by Crippen LogP contribution is 2.19. The molecular weight excluding hydrogens is 90.1 g/mol. The Morgan fingerprint density at radius 3 is 2.71 bits per heavy atom. The van der Waals surface area contributed by atoms with Crippen LogP contribution in [-0.4, -0.2) is 25.8 Å². The molecule has 0 radical (unpaired) electrons. The highest BCUT2D eigenvalue weighted by atomic mass is 16.5. The van der Waals surface area contributed by atoms with Crippen molar-refractivity contribution in [3.05, 3.63) is 0 Å². The Bertz CT molecular complexity index is 74.1. The van der Waals surface area contributed by atoms with Crippen LogP contribution in [0.2, 0.25) is 0 Å². The molecule has 0 aromatic rings. The molecule has 2 heterocycles. The summed E-state index contributed by atoms with van der Waals surface area (Å²) < 4.78 is 5.17. The summed E-state index contributed by atoms with van der Waals surface area (Å²) >= 11 is 0. The van der Waals surface area contributed by atoms with E-state index in [0.29, 0.717) is 0 Å². The van der Waals surface area contributed by atoms with E-state index in [2.05, 4.69) is 5.32 Å². The van der Waals surface area contributed by atoms with Gasteiger partial charge in [0.1, 0.15) is 0 Å². The molecule has 0 aromatic carbocycles. The second-order valence-corrected chi connectivity index (χ2v) is 2.31. The van der Waals surface area contributed by atoms with Crippen molar-refractivity contribution in [2.45, 2.75) is 6.04 Å². The molecule has 2 nitrogen and oxygen atoms in total. The molecule has 2 fully saturated rings. The Balaban J connectivity index is 2.03. The minimum absolute atomic E-state index is 0.722. The smallest absolute Gasteiger partial charge is 0.0623 e. The van der Waals surface area contributed by atoms with Crippen LogP contribution in [0.5, 0.6) is 0 Å². The summed E-state index contributed by atoms with van der Waals surface area (Å²) in [5.41, 5.74) is 0. The lowest BCUT2D eigenvalue weighted by Gasteiger charge is -2.29. The van der Waals surface area contributed by atoms with E-state index in [0.717, 1.165) is 25.2 Å². The minimum atomic E-state index is 0.722. The third kappa shape index (κ3) is 0.409. The van der Waals surface area contributed by atoms with Crippen LogP contribution in [0, 0.1) is 5.92 Å². The maximum atomic E-state index is 5.17. The highest BCUT2D eigenvalue weighted by Gasteiger charge is 2.34. The Morgan fingerprint density at radius 2 is 2.43 bits per heavy atom. The van der Waals surface area contributed by atoms with Gasteiger partial charge in [0, 0.05) is 18.5 Å². The topological polar surface area (TPSA) is 21.3 Å². The molecule has 0 amide bonds. The predicted molar refractivity (Wildman–Crippen MR) is 26.1 cm³/mol. The lowest BCUT2D eigenvalue weighted by molar-refractivity contribution is 0.191. The maximum Gasteiger partial charge on any atom is 0.0623 e. The summed E-state index contributed by atoms with van der Waals surface area (Å²) in [6, 6.07) is 0.722. The van der Waals surface area contributed by atoms with Crippen LogP contribution in [0.4, 0.5) is 0 Å². The zero-order chi connectivity index (χ0) is 4.69. The molecular formula is C5H9NO. The average Bonchev–Trinajstić information content (AvgIpc) is 1.85. The maximum absolute atomic E-state index is 5.17. The molecule has 0 spiro atoms. The predicted octanol–water partition coefficient (Wildman–Crippen LogP) is -0.395. The Kier molecular flexibility index (Phi) is 0.664. The minimum Gasteiger partial charge on any atom is -0.379 e. The zero-order valence-electron chi connectivity index (χ0n) is 4.18. The van der Waals surface area contributed by atoms with Crippen LogP contribution >= 0.6 is 0 Å². The quantitative estimate of drug-likeness (QED) is 0.446. The average molecular weight is 99.1 g/mol. The second kappa shape index (κ2) is 1.20. The fraction of sp³-hybridized carbons (Fsp3) is 1.00. The molecule has 2 heteroatoms. The molecule has 2 saturated heterocycles. The first-order valence-corrected chi connectivity index (χ1v) is 2.78. The van der Waals surface area contributed by atoms with Crippen LogP contribution in [0.1, 0.15) is 0 Å². The lowest BCUT2D eigenvalue weighted by atomic mass is 9.96. The van der Waals surface area contributed by atoms with Gasteiger partial charge in [-0.25, -0.2) is 0 Å². The van der Waals surface area contributed by atoms with Gasteiger partial charge in [-0.1, -0.05) is 0 Å². The Labute approximate surface area is 42.9 Å². The number of ether oxygens (including phenoxy) is 1. The van der Waals surface area contributed by atoms with E-state index in [4.69, 9.17) is 4.74 Å². The van der Waals surface area contributed by atoms with Crippen molar-refractivity contribution in [3.8, 4) is 0 Å². The van der Waals surface area contributed by atoms with Gasteiger partial charge in [0.2, 0.25) is 0 Å². The van der Waals surface area contributed by atoms with Crippen molar-refractivity contribution in [3.63, 3.8) is 0 Å². The number of hydrogen-bond donors (Lipinski definition) is 1. The molecule has 2 aliphatic rings. The number of hydrogen-bond acceptors (Lipinski definition) is 2. The molecule has 0 saturated carbocycles. The van der Waals surface area contributed by atoms with Gasteiger partial charge in [0.05, 0.1) is 13.2 Å². The van der Waals surface area contributed by atoms with E-state index in [1.807, 2.05) is 0 Å². The van der Waals surface area contributed by atoms with Crippen molar-refractivity contribution in [2.75, 3.05) is 19.8 Å². The summed E-state index contributed by atoms with van der Waals surface area (Å²) in [6.45, 7) is 3.13. The van der Waals surface area contributed by atoms with Crippen molar-refractivity contribution in [2.24, 2.45) is 5.92 Å². The first-order valence-electron chi connectivity index (χ1n) is 2.78. The molecule has 2 rings (SSSR count). The van der Waals surface area contributed by atoms with Gasteiger partial charge in [0.15, 0.2) is 0 Å². The molecule has 0 bridgehead atoms. The van der Waals surface area contributed by atoms with Gasteiger partial charge in [-0.2, -0.15) is 0 Å². The van der Waals surface area contributed by atoms with Crippen molar-refractivity contribution < 1.29 is 4.74 Å². The van der Waals surface area contributed by atoms with Gasteiger partial charge >= 0.3 is 0 Å². The normalized spacial score (nSPS) is 48.0. The number of fused-ring (bicyclic) bond motifs is 1. The van der Waals surface area contributed by atoms with Crippen LogP contribution < -0.4 is 5.32 Å². The van der Waals surface area contributed by atoms with Crippen LogP contribution in [0.25, 0.3) is 0 Å². The van der Waals surface area contributed by atoms with E-state index in [-0.39, 0.29) is 0 Å². The number of rotatable bonds is 0. The van der Waals surface area contributed by atoms with E-state index >= 15 is 0 Å². The first-order chi connectivity index (χ1) is 3.47. The van der Waals surface area contributed by atoms with Gasteiger partial charge in [0.25, 0.3) is 0 Å². The molecule has 1 N–H and O–H groups in total. The fourth-order valence-corrected chi connectivity index (χ4v) is 1.17. The standard InChI is InChI=1S/C5H9NO/c1-4-2-7-3-5(4)6-1/h4-6H,1-3H2/t4-,5+/m0/s1. The lowest BCUT2D eigenvalue weighted by Crippen LogP contribution is -2.51. The molecule has 0 aromatic heterocycles. The third-order valence-corrected chi connectivity index (χ3v) is 1.84. The molecule has 7 heavy (non-hydrogen) atoms. The summed E-state index contributed by atoms with van der Waals surface area (Å²) in [5, 5.41) is 3.28. The van der Waals surface area contributed by atoms with E-state index in [1.54, 1.807) is 0 Å². The number of nitrogens with one attached hydrogen (secondary N) is 1. The SMILES string of the molecule is C1N[C@@H]2COC[C@H]12. The third-order valence-electron chi connectivity index (χ3n) is 1.84. The first kappa shape index (κ1) is 3.87. The van der Waals surface area contributed by atoms with Crippen LogP contribution in [-0.2, 0) is 4.74 Å². The molecule has 0 aliphatic carbocycles. The molecule has 40 valence electrons. The summed E-state index contributed by atoms with van der Waals surface area (Å²) in [7, 11) is 0. The zero-order valence-corrected chi connectivity index (χ0v) is 4.18. The van der Waals surface area contributed by atoms with E-state index in [1.165, 1.54) is 6.54 Å². The monoisotopic (exact) mass is 99.1 g/mol. The Morgan fingerprint density at radius 1 is 1.43 bits per heavy atom. The van der Waals surface area contributed by atoms with Crippen LogP contribution in [0.15, 0.2) is 0 Å². The van der Waals surface area contributed by atoms with E-state index < -0.39 is 0 Å². The summed E-state index contributed by atoms with van der Waals surface area (Å²) in [4.78, 5) is 0. The summed E-state index contributed by atoms with van der Waals surface area (Å²) in [6.07, 6.45) is 0. The van der Waals surface area contributed by atoms with Crippen molar-refractivity contribution in [1.82, 2.24) is 5.32 Å². The highest BCUT2D eigenvalue weighted by molar-refractivity contribution is 4.91. The van der Waals surface area contributed by atoms with Gasteiger partial charge in [-0.05, 0) is 0 Å². The molecule has 0 unspecified atom stereocenters. The van der Waals surface area contributed by atoms with Crippen LogP contribution in [0.3, 0.4) is 0 Å². The van der Waals surface area contributed by atoms with E-state index in [9.17, 15) is 0 Å². The van der Waals surface area contributed by atoms with Gasteiger partial charge < -0.3 is 10.1 Å². The van der Waals surface area contributed by atoms with Gasteiger partial charge in [-0.15, -0.1) is 0 Å². The largest absolute Gasteiger partial charge is 0.379 e. The molecule has 2 atom stereocenters. The van der Waals surface area contributed by atoms with Crippen molar-refractivity contribution in [1.29, 1.82) is 0 Å². The molecule has 2 aliphatic heterocycles. The van der Waals surface area contributed by atoms with Gasteiger partial charge in [-0.3, -0.25) is 0 Å². The van der Waals surface area contributed by atoms with Crippen molar-refractivity contribution >= 4 is 0 Å². The Hall–Kier alpha value is -0.0800. The fourth-order valence-electron chi connectivity index (χ4n) is 1.17. The second-order valence-electron chi connectivity index (χ2n) is 2.31.